The van der Waals surface area contributed by atoms with Gasteiger partial charge in [-0.25, -0.2) is 4.39 Å². The molecule has 1 aromatic rings. The first-order valence-electron chi connectivity index (χ1n) is 5.85. The third-order valence-electron chi connectivity index (χ3n) is 3.77. The van der Waals surface area contributed by atoms with Gasteiger partial charge in [0.15, 0.2) is 0 Å². The number of halogens is 2. The Labute approximate surface area is 106 Å². The van der Waals surface area contributed by atoms with Crippen molar-refractivity contribution in [2.45, 2.75) is 19.4 Å². The number of benzene rings is 1. The van der Waals surface area contributed by atoms with Crippen LogP contribution < -0.4 is 5.32 Å². The average Bonchev–Trinajstić information content (AvgIpc) is 2.26. The Balaban J connectivity index is 2.48. The van der Waals surface area contributed by atoms with Crippen LogP contribution in [-0.4, -0.2) is 18.2 Å². The maximum atomic E-state index is 14.0. The predicted molar refractivity (Wildman–Crippen MR) is 66.5 cm³/mol. The lowest BCUT2D eigenvalue weighted by Crippen LogP contribution is -2.53. The minimum absolute atomic E-state index is 0.0399. The van der Waals surface area contributed by atoms with E-state index >= 15 is 0 Å². The number of hydrogen-bond acceptors (Lipinski definition) is 2. The molecule has 1 unspecified atom stereocenters. The molecule has 0 saturated carbocycles. The van der Waals surface area contributed by atoms with Gasteiger partial charge in [0.2, 0.25) is 0 Å². The molecule has 0 radical (unpaired) electrons. The number of aliphatic hydroxyl groups is 1. The highest BCUT2D eigenvalue weighted by Crippen LogP contribution is 2.40. The molecule has 0 spiro atoms. The summed E-state index contributed by atoms with van der Waals surface area (Å²) >= 11 is 5.74. The molecule has 2 rings (SSSR count). The zero-order chi connectivity index (χ0) is 12.6. The van der Waals surface area contributed by atoms with Crippen molar-refractivity contribution in [1.82, 2.24) is 5.32 Å². The molecule has 0 bridgehead atoms. The van der Waals surface area contributed by atoms with Crippen LogP contribution in [0.15, 0.2) is 18.2 Å². The standard InChI is InChI=1S/C13H17ClFNO/c1-8-6-16-7-9(2)13(8,17)11-4-3-10(14)5-12(11)15/h3-5,8-9,16-17H,6-7H2,1-2H3/t8-,9+,13?. The smallest absolute Gasteiger partial charge is 0.130 e. The van der Waals surface area contributed by atoms with Crippen molar-refractivity contribution in [3.63, 3.8) is 0 Å². The van der Waals surface area contributed by atoms with Crippen molar-refractivity contribution in [3.8, 4) is 0 Å². The van der Waals surface area contributed by atoms with Crippen LogP contribution in [0.1, 0.15) is 19.4 Å². The maximum Gasteiger partial charge on any atom is 0.130 e. The van der Waals surface area contributed by atoms with Gasteiger partial charge in [-0.2, -0.15) is 0 Å². The molecule has 4 heteroatoms. The molecule has 1 heterocycles. The zero-order valence-electron chi connectivity index (χ0n) is 10.0. The van der Waals surface area contributed by atoms with E-state index in [0.29, 0.717) is 23.7 Å². The monoisotopic (exact) mass is 257 g/mol. The highest BCUT2D eigenvalue weighted by atomic mass is 35.5. The summed E-state index contributed by atoms with van der Waals surface area (Å²) in [5.74, 6) is -0.510. The van der Waals surface area contributed by atoms with Crippen molar-refractivity contribution in [2.24, 2.45) is 11.8 Å². The summed E-state index contributed by atoms with van der Waals surface area (Å²) in [6.07, 6.45) is 0. The van der Waals surface area contributed by atoms with Gasteiger partial charge in [-0.05, 0) is 12.1 Å². The van der Waals surface area contributed by atoms with Gasteiger partial charge in [-0.3, -0.25) is 0 Å². The van der Waals surface area contributed by atoms with Gasteiger partial charge in [0.25, 0.3) is 0 Å². The Bertz CT molecular complexity index is 414. The van der Waals surface area contributed by atoms with E-state index in [1.807, 2.05) is 13.8 Å². The van der Waals surface area contributed by atoms with Crippen molar-refractivity contribution in [2.75, 3.05) is 13.1 Å². The van der Waals surface area contributed by atoms with E-state index in [1.54, 1.807) is 12.1 Å². The summed E-state index contributed by atoms with van der Waals surface area (Å²) in [5.41, 5.74) is -0.775. The summed E-state index contributed by atoms with van der Waals surface area (Å²) in [5, 5.41) is 14.4. The van der Waals surface area contributed by atoms with Crippen LogP contribution in [-0.2, 0) is 5.60 Å². The minimum atomic E-state index is -1.13. The Morgan fingerprint density at radius 2 is 1.94 bits per heavy atom. The van der Waals surface area contributed by atoms with E-state index in [0.717, 1.165) is 0 Å². The largest absolute Gasteiger partial charge is 0.384 e. The Kier molecular flexibility index (Phi) is 3.43. The summed E-state index contributed by atoms with van der Waals surface area (Å²) < 4.78 is 14.0. The first kappa shape index (κ1) is 12.8. The highest BCUT2D eigenvalue weighted by Gasteiger charge is 2.44. The van der Waals surface area contributed by atoms with Crippen LogP contribution in [0.3, 0.4) is 0 Å². The normalized spacial score (nSPS) is 33.7. The molecule has 2 nitrogen and oxygen atoms in total. The fourth-order valence-corrected chi connectivity index (χ4v) is 2.82. The molecular formula is C13H17ClFNO. The van der Waals surface area contributed by atoms with Gasteiger partial charge >= 0.3 is 0 Å². The van der Waals surface area contributed by atoms with Crippen molar-refractivity contribution in [3.05, 3.63) is 34.6 Å². The predicted octanol–water partition coefficient (Wildman–Crippen LogP) is 2.54. The second-order valence-corrected chi connectivity index (χ2v) is 5.35. The van der Waals surface area contributed by atoms with Crippen molar-refractivity contribution < 1.29 is 9.50 Å². The molecule has 1 aliphatic rings. The van der Waals surface area contributed by atoms with Crippen LogP contribution in [0.2, 0.25) is 5.02 Å². The zero-order valence-corrected chi connectivity index (χ0v) is 10.8. The topological polar surface area (TPSA) is 32.3 Å². The number of nitrogens with one attached hydrogen (secondary N) is 1. The first-order valence-corrected chi connectivity index (χ1v) is 6.22. The maximum absolute atomic E-state index is 14.0. The second kappa shape index (κ2) is 4.56. The van der Waals surface area contributed by atoms with Gasteiger partial charge in [0, 0.05) is 35.5 Å². The first-order chi connectivity index (χ1) is 7.96. The summed E-state index contributed by atoms with van der Waals surface area (Å²) in [6, 6.07) is 4.48. The van der Waals surface area contributed by atoms with E-state index in [4.69, 9.17) is 11.6 Å². The lowest BCUT2D eigenvalue weighted by atomic mass is 9.71. The van der Waals surface area contributed by atoms with Crippen LogP contribution in [0.25, 0.3) is 0 Å². The van der Waals surface area contributed by atoms with Crippen molar-refractivity contribution >= 4 is 11.6 Å². The Hall–Kier alpha value is -0.640. The third kappa shape index (κ3) is 2.07. The quantitative estimate of drug-likeness (QED) is 0.810. The van der Waals surface area contributed by atoms with Crippen LogP contribution in [0.4, 0.5) is 4.39 Å². The molecule has 2 N–H and O–H groups in total. The average molecular weight is 258 g/mol. The minimum Gasteiger partial charge on any atom is -0.384 e. The molecule has 3 atom stereocenters. The van der Waals surface area contributed by atoms with E-state index in [-0.39, 0.29) is 11.8 Å². The van der Waals surface area contributed by atoms with Gasteiger partial charge in [0.1, 0.15) is 5.82 Å². The molecule has 1 aliphatic heterocycles. The Morgan fingerprint density at radius 3 is 2.47 bits per heavy atom. The van der Waals surface area contributed by atoms with Crippen LogP contribution in [0, 0.1) is 17.7 Å². The molecule has 1 aromatic carbocycles. The highest BCUT2D eigenvalue weighted by molar-refractivity contribution is 6.30. The molecule has 1 fully saturated rings. The van der Waals surface area contributed by atoms with E-state index in [1.165, 1.54) is 6.07 Å². The lowest BCUT2D eigenvalue weighted by molar-refractivity contribution is -0.0831. The van der Waals surface area contributed by atoms with Crippen LogP contribution in [0.5, 0.6) is 0 Å². The number of hydrogen-bond donors (Lipinski definition) is 2. The SMILES string of the molecule is C[C@@H]1CNC[C@H](C)C1(O)c1ccc(Cl)cc1F. The summed E-state index contributed by atoms with van der Waals surface area (Å²) in [7, 11) is 0. The molecule has 0 aromatic heterocycles. The van der Waals surface area contributed by atoms with Gasteiger partial charge < -0.3 is 10.4 Å². The molecule has 0 amide bonds. The molecular weight excluding hydrogens is 241 g/mol. The molecule has 17 heavy (non-hydrogen) atoms. The summed E-state index contributed by atoms with van der Waals surface area (Å²) in [4.78, 5) is 0. The summed E-state index contributed by atoms with van der Waals surface area (Å²) in [6.45, 7) is 5.22. The van der Waals surface area contributed by atoms with E-state index in [2.05, 4.69) is 5.32 Å². The molecule has 1 saturated heterocycles. The molecule has 94 valence electrons. The van der Waals surface area contributed by atoms with Gasteiger partial charge in [-0.15, -0.1) is 0 Å². The van der Waals surface area contributed by atoms with Gasteiger partial charge in [0.05, 0.1) is 5.60 Å². The van der Waals surface area contributed by atoms with Gasteiger partial charge in [-0.1, -0.05) is 31.5 Å². The fourth-order valence-electron chi connectivity index (χ4n) is 2.66. The fraction of sp³-hybridized carbons (Fsp3) is 0.538. The third-order valence-corrected chi connectivity index (χ3v) is 4.00. The van der Waals surface area contributed by atoms with E-state index in [9.17, 15) is 9.50 Å². The Morgan fingerprint density at radius 1 is 1.35 bits per heavy atom. The van der Waals surface area contributed by atoms with E-state index < -0.39 is 11.4 Å². The number of piperidine rings is 1. The second-order valence-electron chi connectivity index (χ2n) is 4.91. The van der Waals surface area contributed by atoms with Crippen molar-refractivity contribution in [1.29, 1.82) is 0 Å². The lowest BCUT2D eigenvalue weighted by Gasteiger charge is -2.44. The molecule has 0 aliphatic carbocycles. The van der Waals surface area contributed by atoms with Crippen LogP contribution >= 0.6 is 11.6 Å². The number of rotatable bonds is 1.